The average molecular weight is 471 g/mol. The molecule has 0 spiro atoms. The van der Waals surface area contributed by atoms with Gasteiger partial charge in [0, 0.05) is 22.2 Å². The van der Waals surface area contributed by atoms with Crippen molar-refractivity contribution in [3.05, 3.63) is 113 Å². The van der Waals surface area contributed by atoms with Crippen molar-refractivity contribution in [2.75, 3.05) is 0 Å². The summed E-state index contributed by atoms with van der Waals surface area (Å²) in [4.78, 5) is 18.0. The minimum Gasteiger partial charge on any atom is -0.344 e. The molecule has 0 aliphatic rings. The molecule has 1 amide bonds. The Morgan fingerprint density at radius 1 is 0.941 bits per heavy atom. The second kappa shape index (κ2) is 9.08. The maximum absolute atomic E-state index is 14.6. The fourth-order valence-corrected chi connectivity index (χ4v) is 3.93. The number of carbonyl (C=O) groups excluding carboxylic acids is 1. The molecule has 2 aromatic heterocycles. The van der Waals surface area contributed by atoms with Crippen LogP contribution in [0.15, 0.2) is 91.0 Å². The average Bonchev–Trinajstić information content (AvgIpc) is 3.29. The van der Waals surface area contributed by atoms with Crippen molar-refractivity contribution in [3.8, 4) is 22.5 Å². The summed E-state index contributed by atoms with van der Waals surface area (Å²) in [5.41, 5.74) is 3.77. The van der Waals surface area contributed by atoms with Crippen LogP contribution in [-0.4, -0.2) is 20.5 Å². The fraction of sp³-hybridized carbons (Fsp3) is 0.0741. The Labute approximate surface area is 200 Å². The highest BCUT2D eigenvalue weighted by molar-refractivity contribution is 6.30. The molecule has 7 heteroatoms. The normalized spacial score (nSPS) is 12.0. The van der Waals surface area contributed by atoms with Gasteiger partial charge in [-0.1, -0.05) is 66.2 Å². The van der Waals surface area contributed by atoms with E-state index in [1.165, 1.54) is 10.6 Å². The van der Waals surface area contributed by atoms with Gasteiger partial charge in [0.05, 0.1) is 17.4 Å². The molecular formula is C27H20ClFN4O. The summed E-state index contributed by atoms with van der Waals surface area (Å²) in [6.45, 7) is 1.91. The fourth-order valence-electron chi connectivity index (χ4n) is 3.80. The van der Waals surface area contributed by atoms with E-state index in [1.54, 1.807) is 42.5 Å². The van der Waals surface area contributed by atoms with Gasteiger partial charge in [0.15, 0.2) is 5.65 Å². The number of amides is 1. The number of nitrogens with zero attached hydrogens (tertiary/aromatic N) is 3. The molecule has 1 N–H and O–H groups in total. The molecule has 5 nitrogen and oxygen atoms in total. The minimum absolute atomic E-state index is 0.236. The highest BCUT2D eigenvalue weighted by Crippen LogP contribution is 2.26. The molecule has 0 bridgehead atoms. The number of fused-ring (bicyclic) bond motifs is 1. The van der Waals surface area contributed by atoms with Gasteiger partial charge in [-0.15, -0.1) is 0 Å². The molecule has 1 unspecified atom stereocenters. The van der Waals surface area contributed by atoms with E-state index in [4.69, 9.17) is 11.6 Å². The molecule has 5 aromatic rings. The molecular weight excluding hydrogens is 451 g/mol. The molecule has 0 fully saturated rings. The number of nitrogens with one attached hydrogen (secondary N) is 1. The third-order valence-corrected chi connectivity index (χ3v) is 5.85. The van der Waals surface area contributed by atoms with Crippen LogP contribution in [0, 0.1) is 5.82 Å². The van der Waals surface area contributed by atoms with Gasteiger partial charge in [-0.05, 0) is 42.8 Å². The van der Waals surface area contributed by atoms with Gasteiger partial charge < -0.3 is 5.32 Å². The molecule has 1 atom stereocenters. The van der Waals surface area contributed by atoms with E-state index in [0.717, 1.165) is 11.1 Å². The van der Waals surface area contributed by atoms with Crippen LogP contribution in [0.5, 0.6) is 0 Å². The first-order valence-electron chi connectivity index (χ1n) is 10.8. The van der Waals surface area contributed by atoms with Gasteiger partial charge >= 0.3 is 0 Å². The highest BCUT2D eigenvalue weighted by Gasteiger charge is 2.20. The topological polar surface area (TPSA) is 59.3 Å². The lowest BCUT2D eigenvalue weighted by molar-refractivity contribution is 0.0932. The Hall–Kier alpha value is -4.03. The quantitative estimate of drug-likeness (QED) is 0.325. The number of carbonyl (C=O) groups is 1. The molecule has 168 valence electrons. The van der Waals surface area contributed by atoms with Gasteiger partial charge in [-0.3, -0.25) is 4.79 Å². The Kier molecular flexibility index (Phi) is 5.82. The lowest BCUT2D eigenvalue weighted by atomic mass is 10.1. The molecule has 0 aliphatic carbocycles. The van der Waals surface area contributed by atoms with E-state index < -0.39 is 5.82 Å². The van der Waals surface area contributed by atoms with Crippen molar-refractivity contribution >= 4 is 23.2 Å². The summed E-state index contributed by atoms with van der Waals surface area (Å²) in [6.07, 6.45) is 0. The van der Waals surface area contributed by atoms with Crippen LogP contribution in [-0.2, 0) is 0 Å². The smallest absolute Gasteiger partial charge is 0.270 e. The first-order valence-corrected chi connectivity index (χ1v) is 11.1. The predicted molar refractivity (Wildman–Crippen MR) is 131 cm³/mol. The van der Waals surface area contributed by atoms with E-state index in [2.05, 4.69) is 15.4 Å². The standard InChI is InChI=1S/C27H20ClFN4O/c1-17(18-7-3-2-4-8-18)30-27(34)25-15-24(21-9-5-6-10-22(21)29)31-26-16-23(32-33(25)26)19-11-13-20(28)14-12-19/h2-17H,1H3,(H,30,34). The number of hydrogen-bond donors (Lipinski definition) is 1. The van der Waals surface area contributed by atoms with E-state index in [1.807, 2.05) is 49.4 Å². The van der Waals surface area contributed by atoms with Crippen LogP contribution < -0.4 is 5.32 Å². The zero-order valence-electron chi connectivity index (χ0n) is 18.2. The number of aromatic nitrogens is 3. The van der Waals surface area contributed by atoms with Crippen LogP contribution in [0.4, 0.5) is 4.39 Å². The lowest BCUT2D eigenvalue weighted by Gasteiger charge is -2.15. The minimum atomic E-state index is -0.416. The zero-order chi connectivity index (χ0) is 23.7. The number of rotatable bonds is 5. The van der Waals surface area contributed by atoms with Crippen molar-refractivity contribution in [1.82, 2.24) is 19.9 Å². The first kappa shape index (κ1) is 21.8. The molecule has 34 heavy (non-hydrogen) atoms. The molecule has 0 radical (unpaired) electrons. The second-order valence-corrected chi connectivity index (χ2v) is 8.36. The van der Waals surface area contributed by atoms with Crippen LogP contribution >= 0.6 is 11.6 Å². The third kappa shape index (κ3) is 4.28. The summed E-state index contributed by atoms with van der Waals surface area (Å²) in [6, 6.07) is 26.4. The summed E-state index contributed by atoms with van der Waals surface area (Å²) in [5, 5.41) is 8.26. The molecule has 5 rings (SSSR count). The summed E-state index contributed by atoms with van der Waals surface area (Å²) < 4.78 is 16.1. The highest BCUT2D eigenvalue weighted by atomic mass is 35.5. The maximum atomic E-state index is 14.6. The van der Waals surface area contributed by atoms with Crippen LogP contribution in [0.25, 0.3) is 28.2 Å². The molecule has 2 heterocycles. The largest absolute Gasteiger partial charge is 0.344 e. The van der Waals surface area contributed by atoms with Gasteiger partial charge in [-0.25, -0.2) is 13.9 Å². The Morgan fingerprint density at radius 3 is 2.38 bits per heavy atom. The van der Waals surface area contributed by atoms with Crippen molar-refractivity contribution in [2.24, 2.45) is 0 Å². The molecule has 3 aromatic carbocycles. The zero-order valence-corrected chi connectivity index (χ0v) is 19.0. The summed E-state index contributed by atoms with van der Waals surface area (Å²) >= 11 is 6.02. The van der Waals surface area contributed by atoms with Crippen LogP contribution in [0.2, 0.25) is 5.02 Å². The van der Waals surface area contributed by atoms with E-state index in [-0.39, 0.29) is 17.6 Å². The predicted octanol–water partition coefficient (Wildman–Crippen LogP) is 6.35. The SMILES string of the molecule is CC(NC(=O)c1cc(-c2ccccc2F)nc2cc(-c3ccc(Cl)cc3)nn12)c1ccccc1. The van der Waals surface area contributed by atoms with Crippen LogP contribution in [0.3, 0.4) is 0 Å². The summed E-state index contributed by atoms with van der Waals surface area (Å²) in [5.74, 6) is -0.757. The van der Waals surface area contributed by atoms with Crippen molar-refractivity contribution < 1.29 is 9.18 Å². The molecule has 0 saturated carbocycles. The van der Waals surface area contributed by atoms with Crippen molar-refractivity contribution in [2.45, 2.75) is 13.0 Å². The van der Waals surface area contributed by atoms with Crippen molar-refractivity contribution in [3.63, 3.8) is 0 Å². The number of benzene rings is 3. The Bertz CT molecular complexity index is 1480. The van der Waals surface area contributed by atoms with E-state index in [9.17, 15) is 9.18 Å². The monoisotopic (exact) mass is 470 g/mol. The third-order valence-electron chi connectivity index (χ3n) is 5.60. The molecule has 0 saturated heterocycles. The lowest BCUT2D eigenvalue weighted by Crippen LogP contribution is -2.28. The van der Waals surface area contributed by atoms with Crippen LogP contribution in [0.1, 0.15) is 29.0 Å². The van der Waals surface area contributed by atoms with Crippen molar-refractivity contribution in [1.29, 1.82) is 0 Å². The number of halogens is 2. The second-order valence-electron chi connectivity index (χ2n) is 7.92. The Morgan fingerprint density at radius 2 is 1.65 bits per heavy atom. The van der Waals surface area contributed by atoms with Gasteiger partial charge in [0.25, 0.3) is 5.91 Å². The van der Waals surface area contributed by atoms with Gasteiger partial charge in [-0.2, -0.15) is 5.10 Å². The number of hydrogen-bond acceptors (Lipinski definition) is 3. The van der Waals surface area contributed by atoms with E-state index >= 15 is 0 Å². The maximum Gasteiger partial charge on any atom is 0.270 e. The van der Waals surface area contributed by atoms with E-state index in [0.29, 0.717) is 27.6 Å². The van der Waals surface area contributed by atoms with Gasteiger partial charge in [0.1, 0.15) is 11.5 Å². The first-order chi connectivity index (χ1) is 16.5. The van der Waals surface area contributed by atoms with Gasteiger partial charge in [0.2, 0.25) is 0 Å². The molecule has 0 aliphatic heterocycles. The Balaban J connectivity index is 1.62. The summed E-state index contributed by atoms with van der Waals surface area (Å²) in [7, 11) is 0.